The van der Waals surface area contributed by atoms with E-state index in [2.05, 4.69) is 0 Å². The van der Waals surface area contributed by atoms with Crippen molar-refractivity contribution in [3.8, 4) is 0 Å². The van der Waals surface area contributed by atoms with Crippen LogP contribution in [0.5, 0.6) is 0 Å². The van der Waals surface area contributed by atoms with Crippen molar-refractivity contribution in [1.29, 1.82) is 0 Å². The Morgan fingerprint density at radius 1 is 0.737 bits per heavy atom. The standard InChI is InChI=1S/C13H25O6/c1-13(2)19-12-11-18-10-9-17-8-7-16-6-5-15-4-3-14/h1,14H,3-12H2,2H3. The lowest BCUT2D eigenvalue weighted by molar-refractivity contribution is -0.00985. The SMILES string of the molecule is [CH]=C(C)OCCOCCOCCOCCOCCO. The number of ether oxygens (including phenoxy) is 5. The lowest BCUT2D eigenvalue weighted by Crippen LogP contribution is -2.13. The van der Waals surface area contributed by atoms with Crippen molar-refractivity contribution in [1.82, 2.24) is 0 Å². The molecule has 1 radical (unpaired) electrons. The first kappa shape index (κ1) is 18.3. The molecule has 0 heterocycles. The normalized spacial score (nSPS) is 10.6. The van der Waals surface area contributed by atoms with E-state index in [0.717, 1.165) is 0 Å². The third-order valence-electron chi connectivity index (χ3n) is 1.91. The average Bonchev–Trinajstić information content (AvgIpc) is 2.39. The summed E-state index contributed by atoms with van der Waals surface area (Å²) in [5.74, 6) is 0.444. The van der Waals surface area contributed by atoms with E-state index in [9.17, 15) is 0 Å². The Bertz CT molecular complexity index is 198. The first-order valence-corrected chi connectivity index (χ1v) is 6.41. The molecule has 0 aromatic heterocycles. The molecule has 0 rings (SSSR count). The van der Waals surface area contributed by atoms with Gasteiger partial charge in [-0.05, 0) is 13.5 Å². The fourth-order valence-electron chi connectivity index (χ4n) is 1.09. The molecule has 0 fully saturated rings. The summed E-state index contributed by atoms with van der Waals surface area (Å²) < 4.78 is 25.8. The Labute approximate surface area is 115 Å². The van der Waals surface area contributed by atoms with E-state index >= 15 is 0 Å². The first-order chi connectivity index (χ1) is 9.27. The lowest BCUT2D eigenvalue weighted by atomic mass is 10.6. The predicted octanol–water partition coefficient (Wildman–Crippen LogP) is 0.398. The highest BCUT2D eigenvalue weighted by Crippen LogP contribution is 1.89. The maximum atomic E-state index is 8.46. The van der Waals surface area contributed by atoms with Crippen LogP contribution in [0.3, 0.4) is 0 Å². The van der Waals surface area contributed by atoms with E-state index in [1.54, 1.807) is 6.92 Å². The molecular formula is C13H25O6. The molecule has 6 heteroatoms. The van der Waals surface area contributed by atoms with Gasteiger partial charge in [0.1, 0.15) is 6.61 Å². The van der Waals surface area contributed by atoms with Crippen LogP contribution in [0.2, 0.25) is 0 Å². The van der Waals surface area contributed by atoms with Gasteiger partial charge in [-0.1, -0.05) is 0 Å². The van der Waals surface area contributed by atoms with Crippen molar-refractivity contribution in [2.75, 3.05) is 66.1 Å². The maximum absolute atomic E-state index is 8.46. The number of rotatable bonds is 15. The highest BCUT2D eigenvalue weighted by molar-refractivity contribution is 4.68. The van der Waals surface area contributed by atoms with Gasteiger partial charge < -0.3 is 28.8 Å². The van der Waals surface area contributed by atoms with Gasteiger partial charge in [-0.25, -0.2) is 0 Å². The van der Waals surface area contributed by atoms with Gasteiger partial charge in [0.25, 0.3) is 0 Å². The largest absolute Gasteiger partial charge is 0.496 e. The number of allylic oxidation sites excluding steroid dienone is 1. The summed E-state index contributed by atoms with van der Waals surface area (Å²) in [4.78, 5) is 0. The average molecular weight is 277 g/mol. The summed E-state index contributed by atoms with van der Waals surface area (Å²) in [6.45, 7) is 11.4. The van der Waals surface area contributed by atoms with Gasteiger partial charge in [-0.15, -0.1) is 0 Å². The van der Waals surface area contributed by atoms with Crippen LogP contribution in [0, 0.1) is 6.58 Å². The summed E-state index contributed by atoms with van der Waals surface area (Å²) in [5, 5.41) is 8.46. The van der Waals surface area contributed by atoms with Gasteiger partial charge in [0.05, 0.1) is 65.2 Å². The molecule has 19 heavy (non-hydrogen) atoms. The van der Waals surface area contributed by atoms with E-state index in [4.69, 9.17) is 35.4 Å². The zero-order valence-corrected chi connectivity index (χ0v) is 11.6. The summed E-state index contributed by atoms with van der Waals surface area (Å²) in [6, 6.07) is 0. The molecule has 0 aromatic carbocycles. The second-order valence-corrected chi connectivity index (χ2v) is 3.63. The van der Waals surface area contributed by atoms with Crippen LogP contribution in [-0.4, -0.2) is 71.2 Å². The van der Waals surface area contributed by atoms with Crippen LogP contribution in [0.15, 0.2) is 5.76 Å². The summed E-state index contributed by atoms with van der Waals surface area (Å²) in [7, 11) is 0. The van der Waals surface area contributed by atoms with Gasteiger partial charge >= 0.3 is 0 Å². The highest BCUT2D eigenvalue weighted by Gasteiger charge is 1.93. The molecule has 113 valence electrons. The molecule has 0 atom stereocenters. The van der Waals surface area contributed by atoms with Gasteiger partial charge in [-0.2, -0.15) is 0 Å². The Balaban J connectivity index is 2.93. The zero-order valence-electron chi connectivity index (χ0n) is 11.6. The molecule has 0 aromatic rings. The van der Waals surface area contributed by atoms with Crippen LogP contribution in [0.4, 0.5) is 0 Å². The number of aliphatic hydroxyl groups excluding tert-OH is 1. The minimum atomic E-state index is 0.0387. The van der Waals surface area contributed by atoms with Crippen molar-refractivity contribution in [3.05, 3.63) is 12.3 Å². The summed E-state index contributed by atoms with van der Waals surface area (Å²) in [6.07, 6.45) is 0. The van der Waals surface area contributed by atoms with Gasteiger partial charge in [0.2, 0.25) is 0 Å². The smallest absolute Gasteiger partial charge is 0.111 e. The predicted molar refractivity (Wildman–Crippen MR) is 69.8 cm³/mol. The molecule has 0 unspecified atom stereocenters. The molecule has 0 amide bonds. The molecule has 0 bridgehead atoms. The van der Waals surface area contributed by atoms with Crippen molar-refractivity contribution in [3.63, 3.8) is 0 Å². The second-order valence-electron chi connectivity index (χ2n) is 3.63. The maximum Gasteiger partial charge on any atom is 0.111 e. The van der Waals surface area contributed by atoms with Gasteiger partial charge in [-0.3, -0.25) is 0 Å². The second kappa shape index (κ2) is 15.4. The third-order valence-corrected chi connectivity index (χ3v) is 1.91. The minimum absolute atomic E-state index is 0.0387. The van der Waals surface area contributed by atoms with Crippen molar-refractivity contribution < 1.29 is 28.8 Å². The quantitative estimate of drug-likeness (QED) is 0.345. The Morgan fingerprint density at radius 3 is 1.47 bits per heavy atom. The first-order valence-electron chi connectivity index (χ1n) is 6.41. The molecule has 0 saturated heterocycles. The molecular weight excluding hydrogens is 252 g/mol. The van der Waals surface area contributed by atoms with Crippen molar-refractivity contribution >= 4 is 0 Å². The van der Waals surface area contributed by atoms with Crippen molar-refractivity contribution in [2.24, 2.45) is 0 Å². The minimum Gasteiger partial charge on any atom is -0.496 e. The Morgan fingerprint density at radius 2 is 1.11 bits per heavy atom. The van der Waals surface area contributed by atoms with Crippen LogP contribution in [-0.2, 0) is 23.7 Å². The van der Waals surface area contributed by atoms with Crippen LogP contribution in [0.25, 0.3) is 0 Å². The topological polar surface area (TPSA) is 66.4 Å². The molecule has 0 saturated carbocycles. The van der Waals surface area contributed by atoms with Gasteiger partial charge in [0, 0.05) is 0 Å². The fraction of sp³-hybridized carbons (Fsp3) is 0.846. The summed E-state index contributed by atoms with van der Waals surface area (Å²) in [5.41, 5.74) is 0. The van der Waals surface area contributed by atoms with Gasteiger partial charge in [0.15, 0.2) is 0 Å². The summed E-state index contributed by atoms with van der Waals surface area (Å²) >= 11 is 0. The van der Waals surface area contributed by atoms with Crippen LogP contribution >= 0.6 is 0 Å². The third kappa shape index (κ3) is 17.3. The number of hydrogen-bond donors (Lipinski definition) is 1. The molecule has 0 aliphatic carbocycles. The number of aliphatic hydroxyl groups is 1. The van der Waals surface area contributed by atoms with E-state index in [-0.39, 0.29) is 6.61 Å². The van der Waals surface area contributed by atoms with E-state index in [1.807, 2.05) is 0 Å². The van der Waals surface area contributed by atoms with E-state index in [1.165, 1.54) is 0 Å². The number of hydrogen-bond acceptors (Lipinski definition) is 6. The fourth-order valence-corrected chi connectivity index (χ4v) is 1.09. The highest BCUT2D eigenvalue weighted by atomic mass is 16.6. The molecule has 1 N–H and O–H groups in total. The zero-order chi connectivity index (χ0) is 14.2. The monoisotopic (exact) mass is 277 g/mol. The van der Waals surface area contributed by atoms with E-state index in [0.29, 0.717) is 65.2 Å². The molecule has 0 aliphatic heterocycles. The molecule has 0 spiro atoms. The Kier molecular flexibility index (Phi) is 14.9. The van der Waals surface area contributed by atoms with Crippen LogP contribution in [0.1, 0.15) is 6.92 Å². The Hall–Kier alpha value is -0.660. The van der Waals surface area contributed by atoms with E-state index < -0.39 is 0 Å². The van der Waals surface area contributed by atoms with Crippen molar-refractivity contribution in [2.45, 2.75) is 6.92 Å². The molecule has 0 aliphatic rings. The molecule has 6 nitrogen and oxygen atoms in total. The lowest BCUT2D eigenvalue weighted by Gasteiger charge is -2.07. The van der Waals surface area contributed by atoms with Crippen LogP contribution < -0.4 is 0 Å².